The van der Waals surface area contributed by atoms with E-state index >= 15 is 0 Å². The number of ether oxygens (including phenoxy) is 1. The minimum Gasteiger partial charge on any atom is -0.464 e. The van der Waals surface area contributed by atoms with E-state index in [1.54, 1.807) is 12.1 Å². The number of hydrogen-bond acceptors (Lipinski definition) is 8. The quantitative estimate of drug-likeness (QED) is 0.148. The van der Waals surface area contributed by atoms with Gasteiger partial charge in [-0.1, -0.05) is 72.0 Å². The van der Waals surface area contributed by atoms with Crippen LogP contribution in [0, 0.1) is 0 Å². The number of carbonyl (C=O) groups excluding carboxylic acids is 2. The minimum atomic E-state index is -0.715. The smallest absolute Gasteiger partial charge is 0.359 e. The number of aliphatic imine (C=N–C) groups is 1. The Bertz CT molecular complexity index is 1560. The average Bonchev–Trinajstić information content (AvgIpc) is 3.54. The van der Waals surface area contributed by atoms with Gasteiger partial charge in [0.1, 0.15) is 0 Å². The fraction of sp³-hybridized carbons (Fsp3) is 0.0385. The molecule has 0 aliphatic rings. The molecule has 0 atom stereocenters. The standard InChI is InChI=1S/C26H17FN4O3S2/c1-34-26(33)21-24(29-20(16-9-4-2-5-10-16)17-11-6-3-7-12-17)35-25(30-21)22(32)19-15-31(36-27)23-18(19)13-8-14-28-23/h2-15H,1H3. The van der Waals surface area contributed by atoms with Crippen molar-refractivity contribution in [2.45, 2.75) is 0 Å². The van der Waals surface area contributed by atoms with Crippen LogP contribution in [0.15, 0.2) is 90.2 Å². The predicted molar refractivity (Wildman–Crippen MR) is 139 cm³/mol. The average molecular weight is 517 g/mol. The van der Waals surface area contributed by atoms with Crippen LogP contribution in [0.25, 0.3) is 11.0 Å². The molecule has 0 saturated heterocycles. The van der Waals surface area contributed by atoms with Gasteiger partial charge in [0.25, 0.3) is 0 Å². The van der Waals surface area contributed by atoms with Crippen LogP contribution in [0.5, 0.6) is 0 Å². The second-order valence-electron chi connectivity index (χ2n) is 7.50. The molecule has 10 heteroatoms. The van der Waals surface area contributed by atoms with Crippen molar-refractivity contribution in [2.75, 3.05) is 7.11 Å². The van der Waals surface area contributed by atoms with Crippen LogP contribution < -0.4 is 0 Å². The van der Waals surface area contributed by atoms with E-state index in [-0.39, 0.29) is 33.6 Å². The number of pyridine rings is 1. The van der Waals surface area contributed by atoms with Gasteiger partial charge in [-0.2, -0.15) is 0 Å². The van der Waals surface area contributed by atoms with Gasteiger partial charge in [0.15, 0.2) is 33.7 Å². The molecule has 0 aliphatic carbocycles. The van der Waals surface area contributed by atoms with Crippen LogP contribution in [0.3, 0.4) is 0 Å². The number of ketones is 1. The Kier molecular flexibility index (Phi) is 6.70. The zero-order chi connectivity index (χ0) is 25.1. The van der Waals surface area contributed by atoms with Crippen LogP contribution in [0.2, 0.25) is 0 Å². The summed E-state index contributed by atoms with van der Waals surface area (Å²) in [5.74, 6) is -1.19. The first-order valence-corrected chi connectivity index (χ1v) is 12.2. The van der Waals surface area contributed by atoms with Gasteiger partial charge in [0, 0.05) is 28.9 Å². The van der Waals surface area contributed by atoms with Crippen LogP contribution in [-0.4, -0.2) is 38.5 Å². The van der Waals surface area contributed by atoms with Crippen molar-refractivity contribution in [3.05, 3.63) is 113 Å². The van der Waals surface area contributed by atoms with E-state index in [9.17, 15) is 13.5 Å². The molecule has 3 heterocycles. The Labute approximate surface area is 213 Å². The molecular weight excluding hydrogens is 499 g/mol. The SMILES string of the molecule is COC(=O)c1nc(C(=O)c2cn(SF)c3ncccc23)sc1N=C(c1ccccc1)c1ccccc1. The lowest BCUT2D eigenvalue weighted by Crippen LogP contribution is -2.06. The Hall–Kier alpha value is -4.15. The summed E-state index contributed by atoms with van der Waals surface area (Å²) in [6, 6.07) is 22.3. The van der Waals surface area contributed by atoms with Crippen LogP contribution >= 0.6 is 23.7 Å². The van der Waals surface area contributed by atoms with Crippen molar-refractivity contribution in [1.82, 2.24) is 13.9 Å². The molecule has 0 bridgehead atoms. The fourth-order valence-electron chi connectivity index (χ4n) is 3.68. The number of thiazole rings is 1. The molecular formula is C26H17FN4O3S2. The summed E-state index contributed by atoms with van der Waals surface area (Å²) in [6.07, 6.45) is 2.88. The number of halogens is 1. The van der Waals surface area contributed by atoms with E-state index in [0.717, 1.165) is 22.5 Å². The lowest BCUT2D eigenvalue weighted by atomic mass is 10.0. The minimum absolute atomic E-state index is 0.0291. The molecule has 0 fully saturated rings. The first-order chi connectivity index (χ1) is 17.6. The molecule has 0 aliphatic heterocycles. The van der Waals surface area contributed by atoms with Gasteiger partial charge in [-0.3, -0.25) is 4.79 Å². The number of hydrogen-bond donors (Lipinski definition) is 0. The van der Waals surface area contributed by atoms with Gasteiger partial charge < -0.3 is 4.74 Å². The number of rotatable bonds is 7. The second kappa shape index (κ2) is 10.2. The molecule has 0 saturated carbocycles. The molecule has 0 spiro atoms. The van der Waals surface area contributed by atoms with E-state index in [4.69, 9.17) is 9.73 Å². The van der Waals surface area contributed by atoms with Crippen molar-refractivity contribution < 1.29 is 18.2 Å². The number of carbonyl (C=O) groups is 2. The van der Waals surface area contributed by atoms with Crippen molar-refractivity contribution in [3.8, 4) is 0 Å². The van der Waals surface area contributed by atoms with Gasteiger partial charge in [0.2, 0.25) is 5.78 Å². The van der Waals surface area contributed by atoms with Crippen molar-refractivity contribution in [3.63, 3.8) is 0 Å². The zero-order valence-electron chi connectivity index (χ0n) is 18.8. The molecule has 36 heavy (non-hydrogen) atoms. The highest BCUT2D eigenvalue weighted by Crippen LogP contribution is 2.33. The highest BCUT2D eigenvalue weighted by molar-refractivity contribution is 7.92. The predicted octanol–water partition coefficient (Wildman–Crippen LogP) is 6.06. The number of aromatic nitrogens is 3. The molecule has 178 valence electrons. The molecule has 0 amide bonds. The van der Waals surface area contributed by atoms with Crippen molar-refractivity contribution in [2.24, 2.45) is 4.99 Å². The maximum atomic E-state index is 13.5. The summed E-state index contributed by atoms with van der Waals surface area (Å²) >= 11 is 0.911. The van der Waals surface area contributed by atoms with Crippen molar-refractivity contribution >= 4 is 57.2 Å². The number of nitrogens with zero attached hydrogens (tertiary/aromatic N) is 4. The van der Waals surface area contributed by atoms with Gasteiger partial charge in [-0.05, 0) is 12.1 Å². The van der Waals surface area contributed by atoms with E-state index in [1.165, 1.54) is 23.5 Å². The van der Waals surface area contributed by atoms with E-state index < -0.39 is 11.8 Å². The highest BCUT2D eigenvalue weighted by atomic mass is 32.2. The molecule has 7 nitrogen and oxygen atoms in total. The molecule has 2 aromatic carbocycles. The number of methoxy groups -OCH3 is 1. The molecule has 5 rings (SSSR count). The van der Waals surface area contributed by atoms with E-state index in [0.29, 0.717) is 16.7 Å². The number of esters is 1. The molecule has 3 aromatic heterocycles. The van der Waals surface area contributed by atoms with E-state index in [1.807, 2.05) is 60.7 Å². The molecule has 0 unspecified atom stereocenters. The van der Waals surface area contributed by atoms with Gasteiger partial charge >= 0.3 is 5.97 Å². The third kappa shape index (κ3) is 4.43. The second-order valence-corrected chi connectivity index (χ2v) is 9.01. The monoisotopic (exact) mass is 516 g/mol. The third-order valence-corrected chi connectivity index (χ3v) is 6.72. The lowest BCUT2D eigenvalue weighted by molar-refractivity contribution is 0.0596. The maximum Gasteiger partial charge on any atom is 0.359 e. The maximum absolute atomic E-state index is 13.5. The van der Waals surface area contributed by atoms with Gasteiger partial charge in [-0.15, -0.1) is 3.89 Å². The number of fused-ring (bicyclic) bond motifs is 1. The first-order valence-electron chi connectivity index (χ1n) is 10.7. The molecule has 5 aromatic rings. The third-order valence-electron chi connectivity index (χ3n) is 5.34. The molecule has 0 radical (unpaired) electrons. The summed E-state index contributed by atoms with van der Waals surface area (Å²) < 4.78 is 19.5. The summed E-state index contributed by atoms with van der Waals surface area (Å²) in [4.78, 5) is 39.3. The van der Waals surface area contributed by atoms with Crippen molar-refractivity contribution in [1.29, 1.82) is 0 Å². The number of benzene rings is 2. The Morgan fingerprint density at radius 2 is 1.67 bits per heavy atom. The van der Waals surface area contributed by atoms with Gasteiger partial charge in [-0.25, -0.2) is 23.7 Å². The van der Waals surface area contributed by atoms with Crippen LogP contribution in [0.1, 0.15) is 37.0 Å². The fourth-order valence-corrected chi connectivity index (χ4v) is 4.92. The summed E-state index contributed by atoms with van der Waals surface area (Å²) in [5.41, 5.74) is 2.72. The Morgan fingerprint density at radius 1 is 1.00 bits per heavy atom. The van der Waals surface area contributed by atoms with Gasteiger partial charge in [0.05, 0.1) is 18.4 Å². The Morgan fingerprint density at radius 3 is 2.28 bits per heavy atom. The highest BCUT2D eigenvalue weighted by Gasteiger charge is 2.26. The van der Waals surface area contributed by atoms with E-state index in [2.05, 4.69) is 9.97 Å². The molecule has 0 N–H and O–H groups in total. The topological polar surface area (TPSA) is 86.4 Å². The van der Waals surface area contributed by atoms with Crippen LogP contribution in [0.4, 0.5) is 8.89 Å². The summed E-state index contributed by atoms with van der Waals surface area (Å²) in [5, 5.41) is 0.734. The zero-order valence-corrected chi connectivity index (χ0v) is 20.4. The summed E-state index contributed by atoms with van der Waals surface area (Å²) in [7, 11) is 1.24. The van der Waals surface area contributed by atoms with Crippen LogP contribution in [-0.2, 0) is 4.74 Å². The Balaban J connectivity index is 1.66. The normalized spacial score (nSPS) is 10.8. The lowest BCUT2D eigenvalue weighted by Gasteiger charge is -2.07. The first kappa shape index (κ1) is 23.6. The largest absolute Gasteiger partial charge is 0.464 e. The summed E-state index contributed by atoms with van der Waals surface area (Å²) in [6.45, 7) is 0.